The monoisotopic (exact) mass is 239 g/mol. The summed E-state index contributed by atoms with van der Waals surface area (Å²) in [5.41, 5.74) is 2.50. The average Bonchev–Trinajstić information content (AvgIpc) is 2.74. The molecule has 0 aliphatic rings. The second-order valence-electron chi connectivity index (χ2n) is 4.93. The lowest BCUT2D eigenvalue weighted by Gasteiger charge is -2.12. The van der Waals surface area contributed by atoms with Crippen molar-refractivity contribution < 1.29 is 5.11 Å². The summed E-state index contributed by atoms with van der Waals surface area (Å²) in [6.45, 7) is 3.15. The van der Waals surface area contributed by atoms with Crippen LogP contribution in [0.2, 0.25) is 0 Å². The summed E-state index contributed by atoms with van der Waals surface area (Å²) in [4.78, 5) is 0. The molecule has 3 aromatic rings. The molecular weight excluding hydrogens is 222 g/mol. The van der Waals surface area contributed by atoms with Crippen LogP contribution in [0.3, 0.4) is 0 Å². The van der Waals surface area contributed by atoms with Crippen molar-refractivity contribution in [3.63, 3.8) is 0 Å². The zero-order valence-corrected chi connectivity index (χ0v) is 10.5. The highest BCUT2D eigenvalue weighted by atomic mass is 16.3. The lowest BCUT2D eigenvalue weighted by atomic mass is 10.2. The fourth-order valence-electron chi connectivity index (χ4n) is 2.57. The summed E-state index contributed by atoms with van der Waals surface area (Å²) in [6.07, 6.45) is 0. The van der Waals surface area contributed by atoms with E-state index in [0.717, 1.165) is 6.54 Å². The zero-order chi connectivity index (χ0) is 12.5. The van der Waals surface area contributed by atoms with Gasteiger partial charge in [0.05, 0.1) is 0 Å². The van der Waals surface area contributed by atoms with Gasteiger partial charge in [-0.1, -0.05) is 43.3 Å². The van der Waals surface area contributed by atoms with Gasteiger partial charge in [0.15, 0.2) is 0 Å². The third kappa shape index (κ3) is 1.70. The maximum absolute atomic E-state index is 9.26. The number of nitrogens with zero attached hydrogens (tertiary/aromatic N) is 1. The van der Waals surface area contributed by atoms with E-state index in [4.69, 9.17) is 0 Å². The van der Waals surface area contributed by atoms with Gasteiger partial charge < -0.3 is 9.67 Å². The van der Waals surface area contributed by atoms with E-state index in [1.807, 2.05) is 0 Å². The van der Waals surface area contributed by atoms with Crippen LogP contribution in [-0.4, -0.2) is 16.3 Å². The van der Waals surface area contributed by atoms with Gasteiger partial charge in [-0.15, -0.1) is 0 Å². The van der Waals surface area contributed by atoms with Crippen molar-refractivity contribution in [1.82, 2.24) is 4.57 Å². The zero-order valence-electron chi connectivity index (χ0n) is 10.5. The molecule has 2 heteroatoms. The molecule has 92 valence electrons. The van der Waals surface area contributed by atoms with Gasteiger partial charge in [0.1, 0.15) is 0 Å². The van der Waals surface area contributed by atoms with E-state index in [0.29, 0.717) is 0 Å². The van der Waals surface area contributed by atoms with Crippen molar-refractivity contribution in [3.05, 3.63) is 48.5 Å². The van der Waals surface area contributed by atoms with Gasteiger partial charge in [0.2, 0.25) is 0 Å². The predicted octanol–water partition coefficient (Wildman–Crippen LogP) is 3.42. The maximum atomic E-state index is 9.26. The minimum Gasteiger partial charge on any atom is -0.396 e. The van der Waals surface area contributed by atoms with Gasteiger partial charge in [0.25, 0.3) is 0 Å². The van der Waals surface area contributed by atoms with Gasteiger partial charge in [-0.05, 0) is 18.1 Å². The smallest absolute Gasteiger partial charge is 0.0491 e. The first kappa shape index (κ1) is 11.3. The van der Waals surface area contributed by atoms with E-state index in [-0.39, 0.29) is 12.5 Å². The van der Waals surface area contributed by atoms with Crippen LogP contribution in [-0.2, 0) is 6.54 Å². The molecule has 0 unspecified atom stereocenters. The normalized spacial score (nSPS) is 13.2. The van der Waals surface area contributed by atoms with Crippen LogP contribution >= 0.6 is 0 Å². The summed E-state index contributed by atoms with van der Waals surface area (Å²) in [6, 6.07) is 16.9. The number of para-hydroxylation sites is 2. The third-order valence-electron chi connectivity index (χ3n) is 3.49. The Kier molecular flexibility index (Phi) is 2.80. The quantitative estimate of drug-likeness (QED) is 0.744. The lowest BCUT2D eigenvalue weighted by Crippen LogP contribution is -2.10. The molecule has 1 aromatic heterocycles. The van der Waals surface area contributed by atoms with Crippen LogP contribution in [0.1, 0.15) is 6.92 Å². The highest BCUT2D eigenvalue weighted by molar-refractivity contribution is 6.07. The fraction of sp³-hybridized carbons (Fsp3) is 0.250. The molecule has 0 spiro atoms. The van der Waals surface area contributed by atoms with E-state index in [1.165, 1.54) is 21.8 Å². The van der Waals surface area contributed by atoms with Crippen LogP contribution in [0.15, 0.2) is 48.5 Å². The SMILES string of the molecule is C[C@@H](CO)Cn1c2ccccc2c2ccccc21. The molecule has 0 bridgehead atoms. The van der Waals surface area contributed by atoms with E-state index in [9.17, 15) is 5.11 Å². The van der Waals surface area contributed by atoms with Gasteiger partial charge in [-0.2, -0.15) is 0 Å². The molecule has 1 atom stereocenters. The Hall–Kier alpha value is -1.80. The van der Waals surface area contributed by atoms with Crippen LogP contribution in [0.5, 0.6) is 0 Å². The number of aliphatic hydroxyl groups is 1. The molecular formula is C16H17NO. The predicted molar refractivity (Wildman–Crippen MR) is 75.7 cm³/mol. The van der Waals surface area contributed by atoms with E-state index < -0.39 is 0 Å². The number of benzene rings is 2. The molecule has 0 aliphatic carbocycles. The summed E-state index contributed by atoms with van der Waals surface area (Å²) in [7, 11) is 0. The third-order valence-corrected chi connectivity index (χ3v) is 3.49. The highest BCUT2D eigenvalue weighted by Crippen LogP contribution is 2.29. The number of fused-ring (bicyclic) bond motifs is 3. The molecule has 18 heavy (non-hydrogen) atoms. The first-order valence-corrected chi connectivity index (χ1v) is 6.38. The summed E-state index contributed by atoms with van der Waals surface area (Å²) in [5, 5.41) is 11.8. The Morgan fingerprint density at radius 1 is 0.944 bits per heavy atom. The maximum Gasteiger partial charge on any atom is 0.0491 e. The van der Waals surface area contributed by atoms with Crippen molar-refractivity contribution in [2.45, 2.75) is 13.5 Å². The molecule has 2 nitrogen and oxygen atoms in total. The van der Waals surface area contributed by atoms with Crippen LogP contribution in [0.25, 0.3) is 21.8 Å². The molecule has 0 fully saturated rings. The molecule has 0 radical (unpaired) electrons. The summed E-state index contributed by atoms with van der Waals surface area (Å²) < 4.78 is 2.31. The number of hydrogen-bond acceptors (Lipinski definition) is 1. The number of hydrogen-bond donors (Lipinski definition) is 1. The Bertz CT molecular complexity index is 630. The standard InChI is InChI=1S/C16H17NO/c1-12(11-18)10-17-15-8-4-2-6-13(15)14-7-3-5-9-16(14)17/h2-9,12,18H,10-11H2,1H3/t12-/m1/s1. The van der Waals surface area contributed by atoms with Gasteiger partial charge in [-0.3, -0.25) is 0 Å². The number of aliphatic hydroxyl groups excluding tert-OH is 1. The molecule has 3 rings (SSSR count). The van der Waals surface area contributed by atoms with Crippen molar-refractivity contribution in [2.75, 3.05) is 6.61 Å². The van der Waals surface area contributed by atoms with Crippen LogP contribution in [0.4, 0.5) is 0 Å². The molecule has 2 aromatic carbocycles. The minimum absolute atomic E-state index is 0.223. The summed E-state index contributed by atoms with van der Waals surface area (Å²) in [5.74, 6) is 0.268. The first-order chi connectivity index (χ1) is 8.81. The lowest BCUT2D eigenvalue weighted by molar-refractivity contribution is 0.225. The second kappa shape index (κ2) is 4.46. The largest absolute Gasteiger partial charge is 0.396 e. The molecule has 0 saturated carbocycles. The summed E-state index contributed by atoms with van der Waals surface area (Å²) >= 11 is 0. The topological polar surface area (TPSA) is 25.2 Å². The van der Waals surface area contributed by atoms with Crippen molar-refractivity contribution >= 4 is 21.8 Å². The Balaban J connectivity index is 2.31. The highest BCUT2D eigenvalue weighted by Gasteiger charge is 2.11. The second-order valence-corrected chi connectivity index (χ2v) is 4.93. The van der Waals surface area contributed by atoms with Crippen molar-refractivity contribution in [1.29, 1.82) is 0 Å². The van der Waals surface area contributed by atoms with Crippen LogP contribution < -0.4 is 0 Å². The fourth-order valence-corrected chi connectivity index (χ4v) is 2.57. The molecule has 1 heterocycles. The minimum atomic E-state index is 0.223. The van der Waals surface area contributed by atoms with Crippen molar-refractivity contribution in [3.8, 4) is 0 Å². The van der Waals surface area contributed by atoms with Crippen LogP contribution in [0, 0.1) is 5.92 Å². The van der Waals surface area contributed by atoms with E-state index in [1.54, 1.807) is 0 Å². The number of aromatic nitrogens is 1. The molecule has 0 saturated heterocycles. The van der Waals surface area contributed by atoms with E-state index in [2.05, 4.69) is 60.0 Å². The Labute approximate surface area is 106 Å². The molecule has 1 N–H and O–H groups in total. The molecule has 0 aliphatic heterocycles. The Morgan fingerprint density at radius 3 is 1.94 bits per heavy atom. The first-order valence-electron chi connectivity index (χ1n) is 6.38. The van der Waals surface area contributed by atoms with Gasteiger partial charge in [-0.25, -0.2) is 0 Å². The van der Waals surface area contributed by atoms with Gasteiger partial charge >= 0.3 is 0 Å². The molecule has 0 amide bonds. The number of rotatable bonds is 3. The van der Waals surface area contributed by atoms with E-state index >= 15 is 0 Å². The average molecular weight is 239 g/mol. The van der Waals surface area contributed by atoms with Crippen molar-refractivity contribution in [2.24, 2.45) is 5.92 Å². The Morgan fingerprint density at radius 2 is 1.44 bits per heavy atom. The van der Waals surface area contributed by atoms with Gasteiger partial charge in [0, 0.05) is 35.0 Å².